The molecule has 21 heavy (non-hydrogen) atoms. The third kappa shape index (κ3) is 3.49. The summed E-state index contributed by atoms with van der Waals surface area (Å²) in [6.45, 7) is 5.36. The average molecular weight is 286 g/mol. The monoisotopic (exact) mass is 286 g/mol. The molecule has 2 fully saturated rings. The molecule has 2 heteroatoms. The number of hydrogen-bond acceptors (Lipinski definition) is 2. The highest BCUT2D eigenvalue weighted by molar-refractivity contribution is 5.25. The largest absolute Gasteiger partial charge is 0.330 e. The van der Waals surface area contributed by atoms with Crippen molar-refractivity contribution in [3.63, 3.8) is 0 Å². The molecule has 0 spiro atoms. The van der Waals surface area contributed by atoms with Gasteiger partial charge in [0.2, 0.25) is 0 Å². The second kappa shape index (κ2) is 6.93. The Morgan fingerprint density at radius 2 is 1.81 bits per heavy atom. The van der Waals surface area contributed by atoms with Crippen molar-refractivity contribution in [1.82, 2.24) is 4.90 Å². The number of rotatable bonds is 4. The number of fused-ring (bicyclic) bond motifs is 1. The lowest BCUT2D eigenvalue weighted by molar-refractivity contribution is 0.0547. The van der Waals surface area contributed by atoms with E-state index in [1.54, 1.807) is 0 Å². The van der Waals surface area contributed by atoms with Crippen molar-refractivity contribution in [3.05, 3.63) is 35.4 Å². The molecule has 2 nitrogen and oxygen atoms in total. The molecule has 1 unspecified atom stereocenters. The summed E-state index contributed by atoms with van der Waals surface area (Å²) in [6, 6.07) is 10.0. The van der Waals surface area contributed by atoms with E-state index in [1.165, 1.54) is 56.2 Å². The molecule has 0 aromatic heterocycles. The fourth-order valence-electron chi connectivity index (χ4n) is 4.25. The highest BCUT2D eigenvalue weighted by atomic mass is 15.2. The number of nitrogens with two attached hydrogens (primary N) is 1. The predicted molar refractivity (Wildman–Crippen MR) is 89.3 cm³/mol. The highest BCUT2D eigenvalue weighted by Gasteiger charge is 2.32. The minimum atomic E-state index is 0.469. The zero-order valence-electron chi connectivity index (χ0n) is 13.4. The van der Waals surface area contributed by atoms with Gasteiger partial charge >= 0.3 is 0 Å². The first-order valence-corrected chi connectivity index (χ1v) is 8.81. The Kier molecular flexibility index (Phi) is 4.97. The maximum absolute atomic E-state index is 5.76. The van der Waals surface area contributed by atoms with Crippen LogP contribution in [0.2, 0.25) is 0 Å². The molecule has 1 heterocycles. The Hall–Kier alpha value is -0.860. The van der Waals surface area contributed by atoms with E-state index < -0.39 is 0 Å². The van der Waals surface area contributed by atoms with E-state index in [0.717, 1.165) is 25.0 Å². The molecule has 3 atom stereocenters. The van der Waals surface area contributed by atoms with Gasteiger partial charge in [0, 0.05) is 12.6 Å². The molecule has 1 aromatic carbocycles. The van der Waals surface area contributed by atoms with E-state index in [2.05, 4.69) is 36.1 Å². The molecule has 0 bridgehead atoms. The van der Waals surface area contributed by atoms with Gasteiger partial charge in [0.25, 0.3) is 0 Å². The van der Waals surface area contributed by atoms with Crippen LogP contribution in [0.25, 0.3) is 0 Å². The summed E-state index contributed by atoms with van der Waals surface area (Å²) in [7, 11) is 0. The maximum Gasteiger partial charge on any atom is 0.0236 e. The van der Waals surface area contributed by atoms with Gasteiger partial charge in [-0.2, -0.15) is 0 Å². The number of likely N-dealkylation sites (tertiary alicyclic amines) is 1. The van der Waals surface area contributed by atoms with Crippen LogP contribution in [0.4, 0.5) is 0 Å². The Morgan fingerprint density at radius 3 is 2.57 bits per heavy atom. The summed E-state index contributed by atoms with van der Waals surface area (Å²) >= 11 is 0. The number of piperidine rings is 1. The van der Waals surface area contributed by atoms with Crippen molar-refractivity contribution in [2.24, 2.45) is 11.7 Å². The van der Waals surface area contributed by atoms with Crippen LogP contribution in [0, 0.1) is 5.92 Å². The number of benzene rings is 1. The quantitative estimate of drug-likeness (QED) is 0.909. The normalized spacial score (nSPS) is 28.1. The van der Waals surface area contributed by atoms with Crippen molar-refractivity contribution in [1.29, 1.82) is 0 Å². The fraction of sp³-hybridized carbons (Fsp3) is 0.684. The molecule has 1 saturated carbocycles. The second-order valence-corrected chi connectivity index (χ2v) is 7.10. The van der Waals surface area contributed by atoms with Crippen LogP contribution < -0.4 is 5.73 Å². The molecular formula is C19H30N2. The van der Waals surface area contributed by atoms with Crippen molar-refractivity contribution >= 4 is 0 Å². The van der Waals surface area contributed by atoms with E-state index in [1.807, 2.05) is 0 Å². The van der Waals surface area contributed by atoms with Crippen LogP contribution in [0.1, 0.15) is 62.5 Å². The van der Waals surface area contributed by atoms with Gasteiger partial charge in [0.05, 0.1) is 0 Å². The van der Waals surface area contributed by atoms with Gasteiger partial charge in [0.1, 0.15) is 0 Å². The molecule has 2 N–H and O–H groups in total. The average Bonchev–Trinajstić information content (AvgIpc) is 2.55. The first-order valence-electron chi connectivity index (χ1n) is 8.81. The van der Waals surface area contributed by atoms with Crippen molar-refractivity contribution in [3.8, 4) is 0 Å². The smallest absolute Gasteiger partial charge is 0.0236 e. The third-order valence-corrected chi connectivity index (χ3v) is 5.65. The number of hydrogen-bond donors (Lipinski definition) is 1. The lowest BCUT2D eigenvalue weighted by Gasteiger charge is -2.44. The van der Waals surface area contributed by atoms with Crippen LogP contribution in [-0.2, 0) is 6.54 Å². The fourth-order valence-corrected chi connectivity index (χ4v) is 4.25. The SMILES string of the molecule is CC(CN)c1ccc(CN2CCC[C@H]3CCCC[C@H]32)cc1. The summed E-state index contributed by atoms with van der Waals surface area (Å²) in [6.07, 6.45) is 8.64. The second-order valence-electron chi connectivity index (χ2n) is 7.10. The van der Waals surface area contributed by atoms with Crippen LogP contribution in [0.5, 0.6) is 0 Å². The van der Waals surface area contributed by atoms with E-state index in [0.29, 0.717) is 5.92 Å². The van der Waals surface area contributed by atoms with E-state index in [-0.39, 0.29) is 0 Å². The maximum atomic E-state index is 5.76. The Bertz CT molecular complexity index is 437. The van der Waals surface area contributed by atoms with E-state index >= 15 is 0 Å². The summed E-state index contributed by atoms with van der Waals surface area (Å²) in [5, 5.41) is 0. The molecule has 2 aliphatic rings. The zero-order valence-corrected chi connectivity index (χ0v) is 13.4. The van der Waals surface area contributed by atoms with Gasteiger partial charge in [0.15, 0.2) is 0 Å². The minimum Gasteiger partial charge on any atom is -0.330 e. The van der Waals surface area contributed by atoms with Crippen molar-refractivity contribution in [2.75, 3.05) is 13.1 Å². The topological polar surface area (TPSA) is 29.3 Å². The lowest BCUT2D eigenvalue weighted by Crippen LogP contribution is -2.46. The molecule has 1 aliphatic heterocycles. The van der Waals surface area contributed by atoms with E-state index in [9.17, 15) is 0 Å². The first-order chi connectivity index (χ1) is 10.3. The van der Waals surface area contributed by atoms with Gasteiger partial charge < -0.3 is 5.73 Å². The Balaban J connectivity index is 1.65. The Morgan fingerprint density at radius 1 is 1.10 bits per heavy atom. The lowest BCUT2D eigenvalue weighted by atomic mass is 9.78. The van der Waals surface area contributed by atoms with Crippen molar-refractivity contribution < 1.29 is 0 Å². The molecule has 0 amide bonds. The van der Waals surface area contributed by atoms with Gasteiger partial charge in [-0.05, 0) is 61.7 Å². The van der Waals surface area contributed by atoms with Crippen LogP contribution >= 0.6 is 0 Å². The van der Waals surface area contributed by atoms with Crippen molar-refractivity contribution in [2.45, 2.75) is 64.0 Å². The van der Waals surface area contributed by atoms with E-state index in [4.69, 9.17) is 5.73 Å². The van der Waals surface area contributed by atoms with Gasteiger partial charge in [-0.3, -0.25) is 4.90 Å². The summed E-state index contributed by atoms with van der Waals surface area (Å²) in [4.78, 5) is 2.76. The van der Waals surface area contributed by atoms with Crippen LogP contribution in [0.3, 0.4) is 0 Å². The highest BCUT2D eigenvalue weighted by Crippen LogP contribution is 2.35. The minimum absolute atomic E-state index is 0.469. The molecule has 0 radical (unpaired) electrons. The summed E-state index contributed by atoms with van der Waals surface area (Å²) in [5.74, 6) is 1.45. The van der Waals surface area contributed by atoms with Gasteiger partial charge in [-0.15, -0.1) is 0 Å². The molecule has 116 valence electrons. The predicted octanol–water partition coefficient (Wildman–Crippen LogP) is 3.90. The summed E-state index contributed by atoms with van der Waals surface area (Å²) in [5.41, 5.74) is 8.59. The van der Waals surface area contributed by atoms with Gasteiger partial charge in [-0.25, -0.2) is 0 Å². The van der Waals surface area contributed by atoms with Crippen LogP contribution in [-0.4, -0.2) is 24.0 Å². The molecule has 1 aliphatic carbocycles. The standard InChI is InChI=1S/C19H30N2/c1-15(13-20)17-10-8-16(9-11-17)14-21-12-4-6-18-5-2-3-7-19(18)21/h8-11,15,18-19H,2-7,12-14,20H2,1H3/t15?,18-,19-/m1/s1. The third-order valence-electron chi connectivity index (χ3n) is 5.65. The Labute approximate surface area is 129 Å². The molecule has 1 saturated heterocycles. The molecular weight excluding hydrogens is 256 g/mol. The number of nitrogens with zero attached hydrogens (tertiary/aromatic N) is 1. The van der Waals surface area contributed by atoms with Gasteiger partial charge in [-0.1, -0.05) is 44.0 Å². The summed E-state index contributed by atoms with van der Waals surface area (Å²) < 4.78 is 0. The first kappa shape index (κ1) is 15.1. The van der Waals surface area contributed by atoms with Crippen LogP contribution in [0.15, 0.2) is 24.3 Å². The zero-order chi connectivity index (χ0) is 14.7. The molecule has 1 aromatic rings. The molecule has 3 rings (SSSR count).